The monoisotopic (exact) mass is 414 g/mol. The van der Waals surface area contributed by atoms with Gasteiger partial charge in [-0.3, -0.25) is 4.99 Å². The smallest absolute Gasteiger partial charge is 0.422 e. The Hall–Kier alpha value is -1.96. The van der Waals surface area contributed by atoms with Crippen LogP contribution in [0.4, 0.5) is 13.2 Å². The van der Waals surface area contributed by atoms with Crippen molar-refractivity contribution in [2.24, 2.45) is 10.9 Å². The molecule has 1 aliphatic rings. The molecule has 1 aliphatic heterocycles. The number of nitrogens with zero attached hydrogens (tertiary/aromatic N) is 2. The van der Waals surface area contributed by atoms with Gasteiger partial charge < -0.3 is 20.3 Å². The van der Waals surface area contributed by atoms with E-state index in [0.29, 0.717) is 12.5 Å². The highest BCUT2D eigenvalue weighted by atomic mass is 19.4. The molecule has 1 atom stereocenters. The topological polar surface area (TPSA) is 48.9 Å². The zero-order valence-corrected chi connectivity index (χ0v) is 17.4. The molecule has 0 spiro atoms. The Morgan fingerprint density at radius 2 is 1.97 bits per heavy atom. The number of benzene rings is 1. The molecule has 0 bridgehead atoms. The van der Waals surface area contributed by atoms with E-state index in [4.69, 9.17) is 4.74 Å². The molecule has 1 aromatic carbocycles. The Morgan fingerprint density at radius 1 is 1.21 bits per heavy atom. The minimum Gasteiger partial charge on any atom is -0.484 e. The van der Waals surface area contributed by atoms with Crippen LogP contribution in [0, 0.1) is 5.92 Å². The molecule has 1 aromatic rings. The lowest BCUT2D eigenvalue weighted by Gasteiger charge is -2.30. The molecular formula is C21H33F3N4O. The van der Waals surface area contributed by atoms with Gasteiger partial charge in [0.25, 0.3) is 0 Å². The van der Waals surface area contributed by atoms with E-state index in [1.807, 2.05) is 0 Å². The maximum absolute atomic E-state index is 12.2. The fraction of sp³-hybridized carbons (Fsp3) is 0.667. The van der Waals surface area contributed by atoms with Gasteiger partial charge in [-0.15, -0.1) is 0 Å². The fourth-order valence-electron chi connectivity index (χ4n) is 3.43. The van der Waals surface area contributed by atoms with E-state index in [2.05, 4.69) is 27.4 Å². The quantitative estimate of drug-likeness (QED) is 0.367. The first kappa shape index (κ1) is 23.3. The van der Waals surface area contributed by atoms with E-state index in [1.165, 1.54) is 25.9 Å². The fourth-order valence-corrected chi connectivity index (χ4v) is 3.43. The van der Waals surface area contributed by atoms with Gasteiger partial charge in [-0.05, 0) is 62.4 Å². The zero-order chi connectivity index (χ0) is 21.1. The van der Waals surface area contributed by atoms with Gasteiger partial charge in [0, 0.05) is 26.7 Å². The largest absolute Gasteiger partial charge is 0.484 e. The van der Waals surface area contributed by atoms with Crippen LogP contribution in [-0.4, -0.2) is 56.9 Å². The van der Waals surface area contributed by atoms with Crippen molar-refractivity contribution in [2.45, 2.75) is 45.3 Å². The first-order valence-electron chi connectivity index (χ1n) is 10.3. The SMILES string of the molecule is CN=C(NCCCCN1CCCC(C)C1)NCc1ccc(OCC(F)(F)F)cc1. The van der Waals surface area contributed by atoms with Crippen LogP contribution in [0.1, 0.15) is 38.2 Å². The van der Waals surface area contributed by atoms with Crippen molar-refractivity contribution in [3.8, 4) is 5.75 Å². The molecule has 1 saturated heterocycles. The number of unbranched alkanes of at least 4 members (excludes halogenated alkanes) is 1. The molecule has 29 heavy (non-hydrogen) atoms. The number of alkyl halides is 3. The number of likely N-dealkylation sites (tertiary alicyclic amines) is 1. The van der Waals surface area contributed by atoms with Crippen molar-refractivity contribution in [3.63, 3.8) is 0 Å². The lowest BCUT2D eigenvalue weighted by Crippen LogP contribution is -2.38. The highest BCUT2D eigenvalue weighted by Crippen LogP contribution is 2.19. The van der Waals surface area contributed by atoms with Gasteiger partial charge in [-0.2, -0.15) is 13.2 Å². The highest BCUT2D eigenvalue weighted by Gasteiger charge is 2.28. The van der Waals surface area contributed by atoms with Crippen LogP contribution in [0.2, 0.25) is 0 Å². The molecule has 2 N–H and O–H groups in total. The molecule has 0 saturated carbocycles. The molecule has 0 aliphatic carbocycles. The minimum absolute atomic E-state index is 0.205. The van der Waals surface area contributed by atoms with Crippen LogP contribution in [0.3, 0.4) is 0 Å². The van der Waals surface area contributed by atoms with Crippen LogP contribution < -0.4 is 15.4 Å². The standard InChI is InChI=1S/C21H33F3N4O/c1-17-6-5-13-28(15-17)12-4-3-11-26-20(25-2)27-14-18-7-9-19(10-8-18)29-16-21(22,23)24/h7-10,17H,3-6,11-16H2,1-2H3,(H2,25,26,27). The van der Waals surface area contributed by atoms with Crippen LogP contribution in [-0.2, 0) is 6.54 Å². The number of halogens is 3. The van der Waals surface area contributed by atoms with Crippen molar-refractivity contribution in [2.75, 3.05) is 39.8 Å². The second kappa shape index (κ2) is 11.9. The Morgan fingerprint density at radius 3 is 2.62 bits per heavy atom. The van der Waals surface area contributed by atoms with E-state index in [1.54, 1.807) is 31.3 Å². The van der Waals surface area contributed by atoms with Crippen LogP contribution in [0.25, 0.3) is 0 Å². The summed E-state index contributed by atoms with van der Waals surface area (Å²) < 4.78 is 41.2. The van der Waals surface area contributed by atoms with Crippen molar-refractivity contribution >= 4 is 5.96 Å². The van der Waals surface area contributed by atoms with Crippen LogP contribution in [0.15, 0.2) is 29.3 Å². The summed E-state index contributed by atoms with van der Waals surface area (Å²) in [5.74, 6) is 1.74. The predicted octanol–water partition coefficient (Wildman–Crippen LogP) is 3.80. The summed E-state index contributed by atoms with van der Waals surface area (Å²) in [6.07, 6.45) is 0.576. The number of aliphatic imine (C=N–C) groups is 1. The minimum atomic E-state index is -4.33. The van der Waals surface area contributed by atoms with E-state index in [-0.39, 0.29) is 5.75 Å². The number of hydrogen-bond acceptors (Lipinski definition) is 3. The summed E-state index contributed by atoms with van der Waals surface area (Å²) in [7, 11) is 1.72. The lowest BCUT2D eigenvalue weighted by atomic mass is 10.0. The predicted molar refractivity (Wildman–Crippen MR) is 110 cm³/mol. The zero-order valence-electron chi connectivity index (χ0n) is 17.4. The summed E-state index contributed by atoms with van der Waals surface area (Å²) in [4.78, 5) is 6.77. The normalized spacial score (nSPS) is 18.5. The number of ether oxygens (including phenoxy) is 1. The molecule has 1 heterocycles. The average molecular weight is 415 g/mol. The lowest BCUT2D eigenvalue weighted by molar-refractivity contribution is -0.153. The Balaban J connectivity index is 1.60. The van der Waals surface area contributed by atoms with Gasteiger partial charge in [0.2, 0.25) is 0 Å². The Labute approximate surface area is 171 Å². The van der Waals surface area contributed by atoms with E-state index >= 15 is 0 Å². The molecular weight excluding hydrogens is 381 g/mol. The summed E-state index contributed by atoms with van der Waals surface area (Å²) >= 11 is 0. The average Bonchev–Trinajstić information content (AvgIpc) is 2.69. The van der Waals surface area contributed by atoms with Gasteiger partial charge >= 0.3 is 6.18 Å². The van der Waals surface area contributed by atoms with Crippen molar-refractivity contribution < 1.29 is 17.9 Å². The molecule has 5 nitrogen and oxygen atoms in total. The van der Waals surface area contributed by atoms with E-state index in [0.717, 1.165) is 37.4 Å². The van der Waals surface area contributed by atoms with Gasteiger partial charge in [-0.25, -0.2) is 0 Å². The summed E-state index contributed by atoms with van der Waals surface area (Å²) in [6.45, 7) is 6.03. The van der Waals surface area contributed by atoms with Gasteiger partial charge in [0.15, 0.2) is 12.6 Å². The summed E-state index contributed by atoms with van der Waals surface area (Å²) in [5, 5.41) is 6.52. The molecule has 0 aromatic heterocycles. The first-order chi connectivity index (χ1) is 13.9. The number of piperidine rings is 1. The van der Waals surface area contributed by atoms with E-state index < -0.39 is 12.8 Å². The number of nitrogens with one attached hydrogen (secondary N) is 2. The first-order valence-corrected chi connectivity index (χ1v) is 10.3. The second-order valence-corrected chi connectivity index (χ2v) is 7.66. The maximum Gasteiger partial charge on any atom is 0.422 e. The molecule has 2 rings (SSSR count). The third-order valence-electron chi connectivity index (χ3n) is 4.94. The molecule has 164 valence electrons. The molecule has 0 amide bonds. The number of rotatable bonds is 9. The third-order valence-corrected chi connectivity index (χ3v) is 4.94. The Bertz CT molecular complexity index is 619. The number of hydrogen-bond donors (Lipinski definition) is 2. The van der Waals surface area contributed by atoms with Crippen LogP contribution in [0.5, 0.6) is 5.75 Å². The number of guanidine groups is 1. The van der Waals surface area contributed by atoms with Gasteiger partial charge in [0.05, 0.1) is 0 Å². The highest BCUT2D eigenvalue weighted by molar-refractivity contribution is 5.79. The summed E-state index contributed by atoms with van der Waals surface area (Å²) in [5.41, 5.74) is 0.937. The van der Waals surface area contributed by atoms with Crippen molar-refractivity contribution in [1.29, 1.82) is 0 Å². The molecule has 8 heteroatoms. The summed E-state index contributed by atoms with van der Waals surface area (Å²) in [6, 6.07) is 6.57. The van der Waals surface area contributed by atoms with Gasteiger partial charge in [-0.1, -0.05) is 19.1 Å². The third kappa shape index (κ3) is 9.87. The second-order valence-electron chi connectivity index (χ2n) is 7.66. The molecule has 0 radical (unpaired) electrons. The molecule has 1 unspecified atom stereocenters. The van der Waals surface area contributed by atoms with Crippen molar-refractivity contribution in [3.05, 3.63) is 29.8 Å². The molecule has 1 fully saturated rings. The van der Waals surface area contributed by atoms with E-state index in [9.17, 15) is 13.2 Å². The van der Waals surface area contributed by atoms with Crippen molar-refractivity contribution in [1.82, 2.24) is 15.5 Å². The maximum atomic E-state index is 12.2. The Kier molecular flexibility index (Phi) is 9.57. The van der Waals surface area contributed by atoms with Gasteiger partial charge in [0.1, 0.15) is 5.75 Å². The van der Waals surface area contributed by atoms with Crippen LogP contribution >= 0.6 is 0 Å².